The minimum absolute atomic E-state index is 0.169. The third-order valence-electron chi connectivity index (χ3n) is 3.40. The first-order valence-electron chi connectivity index (χ1n) is 7.67. The van der Waals surface area contributed by atoms with E-state index >= 15 is 0 Å². The summed E-state index contributed by atoms with van der Waals surface area (Å²) in [5.74, 6) is 0.226. The van der Waals surface area contributed by atoms with E-state index in [1.54, 1.807) is 32.2 Å². The molecular formula is C18H20BrN3O3. The predicted octanol–water partition coefficient (Wildman–Crippen LogP) is 3.86. The Kier molecular flexibility index (Phi) is 6.41. The van der Waals surface area contributed by atoms with Crippen LogP contribution in [-0.4, -0.2) is 25.0 Å². The van der Waals surface area contributed by atoms with E-state index in [0.29, 0.717) is 22.8 Å². The number of anilines is 3. The first-order chi connectivity index (χ1) is 11.9. The molecule has 0 aliphatic rings. The van der Waals surface area contributed by atoms with E-state index in [1.165, 1.54) is 6.92 Å². The average Bonchev–Trinajstić information content (AvgIpc) is 2.56. The topological polar surface area (TPSA) is 79.5 Å². The normalized spacial score (nSPS) is 11.4. The Balaban J connectivity index is 2.09. The Morgan fingerprint density at radius 3 is 2.28 bits per heavy atom. The SMILES string of the molecule is COc1ccc(NC(C)=O)cc1N[C@@H](C)C(=O)Nc1ccc(Br)cc1. The summed E-state index contributed by atoms with van der Waals surface area (Å²) >= 11 is 3.36. The third-order valence-corrected chi connectivity index (χ3v) is 3.93. The van der Waals surface area contributed by atoms with Crippen LogP contribution in [0.15, 0.2) is 46.9 Å². The van der Waals surface area contributed by atoms with Crippen molar-refractivity contribution in [3.8, 4) is 5.75 Å². The zero-order chi connectivity index (χ0) is 18.4. The van der Waals surface area contributed by atoms with Gasteiger partial charge in [0.1, 0.15) is 11.8 Å². The highest BCUT2D eigenvalue weighted by Crippen LogP contribution is 2.28. The molecule has 25 heavy (non-hydrogen) atoms. The predicted molar refractivity (Wildman–Crippen MR) is 103 cm³/mol. The van der Waals surface area contributed by atoms with Crippen molar-refractivity contribution >= 4 is 44.8 Å². The second-order valence-corrected chi connectivity index (χ2v) is 6.37. The van der Waals surface area contributed by atoms with E-state index < -0.39 is 6.04 Å². The summed E-state index contributed by atoms with van der Waals surface area (Å²) in [6.07, 6.45) is 0. The van der Waals surface area contributed by atoms with E-state index in [9.17, 15) is 9.59 Å². The molecule has 0 heterocycles. The van der Waals surface area contributed by atoms with Crippen molar-refractivity contribution in [1.29, 1.82) is 0 Å². The molecule has 0 unspecified atom stereocenters. The monoisotopic (exact) mass is 405 g/mol. The van der Waals surface area contributed by atoms with Crippen molar-refractivity contribution in [3.63, 3.8) is 0 Å². The Morgan fingerprint density at radius 1 is 1.04 bits per heavy atom. The number of ether oxygens (including phenoxy) is 1. The van der Waals surface area contributed by atoms with Gasteiger partial charge < -0.3 is 20.7 Å². The molecule has 0 fully saturated rings. The molecule has 7 heteroatoms. The van der Waals surface area contributed by atoms with Gasteiger partial charge in [-0.3, -0.25) is 9.59 Å². The number of nitrogens with one attached hydrogen (secondary N) is 3. The van der Waals surface area contributed by atoms with Gasteiger partial charge in [-0.1, -0.05) is 15.9 Å². The molecule has 0 bridgehead atoms. The number of halogens is 1. The molecule has 0 aromatic heterocycles. The van der Waals surface area contributed by atoms with Crippen molar-refractivity contribution in [3.05, 3.63) is 46.9 Å². The van der Waals surface area contributed by atoms with E-state index in [2.05, 4.69) is 31.9 Å². The molecule has 1 atom stereocenters. The van der Waals surface area contributed by atoms with Crippen LogP contribution in [-0.2, 0) is 9.59 Å². The molecule has 0 aliphatic carbocycles. The first kappa shape index (κ1) is 18.8. The molecular weight excluding hydrogens is 386 g/mol. The van der Waals surface area contributed by atoms with Gasteiger partial charge in [-0.2, -0.15) is 0 Å². The van der Waals surface area contributed by atoms with Crippen LogP contribution >= 0.6 is 15.9 Å². The van der Waals surface area contributed by atoms with Gasteiger partial charge in [-0.05, 0) is 49.4 Å². The second kappa shape index (κ2) is 8.53. The quantitative estimate of drug-likeness (QED) is 0.681. The summed E-state index contributed by atoms with van der Waals surface area (Å²) in [6.45, 7) is 3.18. The summed E-state index contributed by atoms with van der Waals surface area (Å²) in [5, 5.41) is 8.65. The lowest BCUT2D eigenvalue weighted by Crippen LogP contribution is -2.32. The lowest BCUT2D eigenvalue weighted by Gasteiger charge is -2.18. The Labute approximate surface area is 155 Å². The highest BCUT2D eigenvalue weighted by atomic mass is 79.9. The van der Waals surface area contributed by atoms with Gasteiger partial charge >= 0.3 is 0 Å². The number of rotatable bonds is 6. The van der Waals surface area contributed by atoms with Crippen molar-refractivity contribution in [2.75, 3.05) is 23.1 Å². The van der Waals surface area contributed by atoms with E-state index in [-0.39, 0.29) is 11.8 Å². The molecule has 2 aromatic rings. The van der Waals surface area contributed by atoms with Crippen LogP contribution in [0.3, 0.4) is 0 Å². The standard InChI is InChI=1S/C18H20BrN3O3/c1-11(18(24)22-14-6-4-13(19)5-7-14)20-16-10-15(21-12(2)23)8-9-17(16)25-3/h4-11,20H,1-3H3,(H,21,23)(H,22,24)/t11-/m0/s1. The minimum Gasteiger partial charge on any atom is -0.495 e. The highest BCUT2D eigenvalue weighted by Gasteiger charge is 2.15. The number of carbonyl (C=O) groups is 2. The fourth-order valence-electron chi connectivity index (χ4n) is 2.18. The van der Waals surface area contributed by atoms with Crippen LogP contribution < -0.4 is 20.7 Å². The third kappa shape index (κ3) is 5.49. The summed E-state index contributed by atoms with van der Waals surface area (Å²) in [7, 11) is 1.55. The van der Waals surface area contributed by atoms with Crippen LogP contribution in [0.1, 0.15) is 13.8 Å². The zero-order valence-electron chi connectivity index (χ0n) is 14.2. The number of benzene rings is 2. The maximum Gasteiger partial charge on any atom is 0.246 e. The van der Waals surface area contributed by atoms with Gasteiger partial charge in [-0.15, -0.1) is 0 Å². The molecule has 3 N–H and O–H groups in total. The van der Waals surface area contributed by atoms with Crippen molar-refractivity contribution in [2.45, 2.75) is 19.9 Å². The molecule has 2 amide bonds. The number of hydrogen-bond donors (Lipinski definition) is 3. The van der Waals surface area contributed by atoms with Crippen LogP contribution in [0.5, 0.6) is 5.75 Å². The molecule has 132 valence electrons. The van der Waals surface area contributed by atoms with Crippen LogP contribution in [0, 0.1) is 0 Å². The van der Waals surface area contributed by atoms with Crippen LogP contribution in [0.4, 0.5) is 17.1 Å². The molecule has 0 spiro atoms. The molecule has 0 aliphatic heterocycles. The second-order valence-electron chi connectivity index (χ2n) is 5.46. The Hall–Kier alpha value is -2.54. The molecule has 2 rings (SSSR count). The van der Waals surface area contributed by atoms with Gasteiger partial charge in [0, 0.05) is 22.8 Å². The summed E-state index contributed by atoms with van der Waals surface area (Å²) in [4.78, 5) is 23.6. The highest BCUT2D eigenvalue weighted by molar-refractivity contribution is 9.10. The van der Waals surface area contributed by atoms with E-state index in [0.717, 1.165) is 4.47 Å². The number of hydrogen-bond acceptors (Lipinski definition) is 4. The molecule has 0 radical (unpaired) electrons. The van der Waals surface area contributed by atoms with Crippen molar-refractivity contribution in [2.24, 2.45) is 0 Å². The lowest BCUT2D eigenvalue weighted by molar-refractivity contribution is -0.116. The van der Waals surface area contributed by atoms with E-state index in [1.807, 2.05) is 24.3 Å². The summed E-state index contributed by atoms with van der Waals surface area (Å²) in [5.41, 5.74) is 1.95. The number of methoxy groups -OCH3 is 1. The Bertz CT molecular complexity index is 763. The largest absolute Gasteiger partial charge is 0.495 e. The van der Waals surface area contributed by atoms with Gasteiger partial charge in [0.25, 0.3) is 0 Å². The lowest BCUT2D eigenvalue weighted by atomic mass is 10.2. The van der Waals surface area contributed by atoms with Gasteiger partial charge in [0.05, 0.1) is 12.8 Å². The smallest absolute Gasteiger partial charge is 0.246 e. The van der Waals surface area contributed by atoms with Crippen LogP contribution in [0.25, 0.3) is 0 Å². The summed E-state index contributed by atoms with van der Waals surface area (Å²) < 4.78 is 6.25. The Morgan fingerprint density at radius 2 is 1.68 bits per heavy atom. The maximum atomic E-state index is 12.4. The fraction of sp³-hybridized carbons (Fsp3) is 0.222. The van der Waals surface area contributed by atoms with Gasteiger partial charge in [0.2, 0.25) is 11.8 Å². The molecule has 0 saturated heterocycles. The zero-order valence-corrected chi connectivity index (χ0v) is 15.8. The summed E-state index contributed by atoms with van der Waals surface area (Å²) in [6, 6.07) is 12.0. The molecule has 0 saturated carbocycles. The maximum absolute atomic E-state index is 12.4. The van der Waals surface area contributed by atoms with Gasteiger partial charge in [-0.25, -0.2) is 0 Å². The minimum atomic E-state index is -0.509. The first-order valence-corrected chi connectivity index (χ1v) is 8.47. The van der Waals surface area contributed by atoms with Crippen LogP contribution in [0.2, 0.25) is 0 Å². The average molecular weight is 406 g/mol. The van der Waals surface area contributed by atoms with Crippen molar-refractivity contribution in [1.82, 2.24) is 0 Å². The van der Waals surface area contributed by atoms with E-state index in [4.69, 9.17) is 4.74 Å². The number of amides is 2. The van der Waals surface area contributed by atoms with Gasteiger partial charge in [0.15, 0.2) is 0 Å². The molecule has 6 nitrogen and oxygen atoms in total. The fourth-order valence-corrected chi connectivity index (χ4v) is 2.45. The van der Waals surface area contributed by atoms with Crippen molar-refractivity contribution < 1.29 is 14.3 Å². The number of carbonyl (C=O) groups excluding carboxylic acids is 2. The molecule has 2 aromatic carbocycles.